The quantitative estimate of drug-likeness (QED) is 0.809. The van der Waals surface area contributed by atoms with E-state index in [1.165, 1.54) is 32.4 Å². The second kappa shape index (κ2) is 6.10. The molecule has 0 spiro atoms. The Kier molecular flexibility index (Phi) is 4.10. The van der Waals surface area contributed by atoms with Gasteiger partial charge in [-0.15, -0.1) is 0 Å². The van der Waals surface area contributed by atoms with Crippen LogP contribution >= 0.6 is 15.9 Å². The van der Waals surface area contributed by atoms with Gasteiger partial charge in [0, 0.05) is 35.8 Å². The minimum atomic E-state index is 0.0583. The molecule has 3 atom stereocenters. The van der Waals surface area contributed by atoms with Gasteiger partial charge >= 0.3 is 6.03 Å². The number of nitrogens with one attached hydrogen (secondary N) is 1. The van der Waals surface area contributed by atoms with Crippen LogP contribution in [0.4, 0.5) is 10.5 Å². The lowest BCUT2D eigenvalue weighted by Gasteiger charge is -2.33. The Bertz CT molecular complexity index is 620. The number of urea groups is 1. The number of hydrogen-bond acceptors (Lipinski definition) is 2. The number of halogens is 1. The number of carbonyl (C=O) groups is 1. The summed E-state index contributed by atoms with van der Waals surface area (Å²) in [5.74, 6) is 1.36. The molecule has 1 aromatic rings. The Balaban J connectivity index is 1.42. The Morgan fingerprint density at radius 3 is 3.00 bits per heavy atom. The van der Waals surface area contributed by atoms with Gasteiger partial charge in [0.05, 0.1) is 0 Å². The minimum Gasteiger partial charge on any atom is -0.324 e. The minimum absolute atomic E-state index is 0.0583. The lowest BCUT2D eigenvalue weighted by atomic mass is 9.90. The summed E-state index contributed by atoms with van der Waals surface area (Å²) in [7, 11) is 0. The van der Waals surface area contributed by atoms with Crippen LogP contribution in [0.2, 0.25) is 0 Å². The molecule has 5 heteroatoms. The second-order valence-corrected chi connectivity index (χ2v) is 8.19. The Labute approximate surface area is 146 Å². The average Bonchev–Trinajstić information content (AvgIpc) is 3.08. The number of benzene rings is 1. The van der Waals surface area contributed by atoms with Crippen molar-refractivity contribution in [3.05, 3.63) is 28.2 Å². The van der Waals surface area contributed by atoms with Gasteiger partial charge in [0.2, 0.25) is 0 Å². The molecule has 3 aliphatic heterocycles. The summed E-state index contributed by atoms with van der Waals surface area (Å²) < 4.78 is 0.995. The van der Waals surface area contributed by atoms with Crippen molar-refractivity contribution >= 4 is 27.6 Å². The van der Waals surface area contributed by atoms with Crippen molar-refractivity contribution < 1.29 is 4.79 Å². The molecule has 0 bridgehead atoms. The van der Waals surface area contributed by atoms with Gasteiger partial charge in [0.15, 0.2) is 0 Å². The van der Waals surface area contributed by atoms with E-state index in [2.05, 4.69) is 26.1 Å². The van der Waals surface area contributed by atoms with Crippen LogP contribution in [0.5, 0.6) is 0 Å². The molecule has 124 valence electrons. The molecule has 1 aromatic carbocycles. The largest absolute Gasteiger partial charge is 0.324 e. The summed E-state index contributed by atoms with van der Waals surface area (Å²) >= 11 is 3.48. The molecule has 3 fully saturated rings. The number of aryl methyl sites for hydroxylation is 1. The van der Waals surface area contributed by atoms with Crippen LogP contribution in [0.3, 0.4) is 0 Å². The molecule has 3 heterocycles. The highest BCUT2D eigenvalue weighted by molar-refractivity contribution is 9.10. The first-order chi connectivity index (χ1) is 11.1. The average molecular weight is 378 g/mol. The topological polar surface area (TPSA) is 35.6 Å². The fourth-order valence-corrected chi connectivity index (χ4v) is 5.01. The summed E-state index contributed by atoms with van der Waals surface area (Å²) in [6.45, 7) is 6.32. The Morgan fingerprint density at radius 2 is 2.13 bits per heavy atom. The van der Waals surface area contributed by atoms with E-state index in [1.807, 2.05) is 30.0 Å². The van der Waals surface area contributed by atoms with Crippen LogP contribution in [-0.4, -0.2) is 48.1 Å². The molecule has 0 saturated carbocycles. The summed E-state index contributed by atoms with van der Waals surface area (Å²) in [4.78, 5) is 17.4. The normalized spacial score (nSPS) is 30.2. The van der Waals surface area contributed by atoms with Crippen molar-refractivity contribution in [1.82, 2.24) is 9.80 Å². The van der Waals surface area contributed by atoms with Crippen LogP contribution in [0.25, 0.3) is 0 Å². The number of piperidine rings is 1. The molecule has 2 amide bonds. The van der Waals surface area contributed by atoms with E-state index in [0.717, 1.165) is 34.9 Å². The van der Waals surface area contributed by atoms with Crippen LogP contribution in [0, 0.1) is 18.8 Å². The zero-order valence-electron chi connectivity index (χ0n) is 13.6. The first kappa shape index (κ1) is 15.5. The standard InChI is InChI=1S/C18H24BrN3O/c1-12-5-6-14(19)8-16(12)20-18(23)22-10-13-9-21-7-3-2-4-17(21)15(13)11-22/h5-6,8,13,15,17H,2-4,7,9-11H2,1H3,(H,20,23)/t13-,15-,17+/m0/s1. The lowest BCUT2D eigenvalue weighted by molar-refractivity contribution is 0.157. The first-order valence-corrected chi connectivity index (χ1v) is 9.47. The number of amides is 2. The van der Waals surface area contributed by atoms with Gasteiger partial charge in [0.1, 0.15) is 0 Å². The van der Waals surface area contributed by atoms with Gasteiger partial charge in [0.25, 0.3) is 0 Å². The molecule has 0 radical (unpaired) electrons. The van der Waals surface area contributed by atoms with Gasteiger partial charge in [-0.05, 0) is 55.8 Å². The molecule has 0 aromatic heterocycles. The van der Waals surface area contributed by atoms with Gasteiger partial charge in [-0.2, -0.15) is 0 Å². The van der Waals surface area contributed by atoms with Crippen molar-refractivity contribution in [3.63, 3.8) is 0 Å². The van der Waals surface area contributed by atoms with Gasteiger partial charge < -0.3 is 10.2 Å². The Hall–Kier alpha value is -1.07. The van der Waals surface area contributed by atoms with Crippen molar-refractivity contribution in [2.24, 2.45) is 11.8 Å². The molecule has 4 rings (SSSR count). The maximum atomic E-state index is 12.7. The van der Waals surface area contributed by atoms with E-state index >= 15 is 0 Å². The number of anilines is 1. The molecule has 0 unspecified atom stereocenters. The maximum absolute atomic E-state index is 12.7. The highest BCUT2D eigenvalue weighted by Crippen LogP contribution is 2.40. The first-order valence-electron chi connectivity index (χ1n) is 8.68. The van der Waals surface area contributed by atoms with E-state index in [1.54, 1.807) is 0 Å². The van der Waals surface area contributed by atoms with Crippen molar-refractivity contribution in [3.8, 4) is 0 Å². The SMILES string of the molecule is Cc1ccc(Br)cc1NC(=O)N1C[C@@H]2CN3CCCC[C@@H]3[C@H]2C1. The van der Waals surface area contributed by atoms with E-state index < -0.39 is 0 Å². The highest BCUT2D eigenvalue weighted by atomic mass is 79.9. The summed E-state index contributed by atoms with van der Waals surface area (Å²) in [5.41, 5.74) is 2.00. The second-order valence-electron chi connectivity index (χ2n) is 7.28. The molecule has 23 heavy (non-hydrogen) atoms. The number of hydrogen-bond donors (Lipinski definition) is 1. The molecule has 3 saturated heterocycles. The lowest BCUT2D eigenvalue weighted by Crippen LogP contribution is -2.41. The van der Waals surface area contributed by atoms with Gasteiger partial charge in [-0.25, -0.2) is 4.79 Å². The summed E-state index contributed by atoms with van der Waals surface area (Å²) in [6.07, 6.45) is 4.03. The van der Waals surface area contributed by atoms with E-state index in [0.29, 0.717) is 11.8 Å². The molecular weight excluding hydrogens is 354 g/mol. The third kappa shape index (κ3) is 2.89. The zero-order chi connectivity index (χ0) is 16.0. The predicted octanol–water partition coefficient (Wildman–Crippen LogP) is 3.71. The van der Waals surface area contributed by atoms with Gasteiger partial charge in [-0.3, -0.25) is 4.90 Å². The number of carbonyl (C=O) groups excluding carboxylic acids is 1. The van der Waals surface area contributed by atoms with E-state index in [-0.39, 0.29) is 6.03 Å². The van der Waals surface area contributed by atoms with Gasteiger partial charge in [-0.1, -0.05) is 28.4 Å². The molecule has 1 N–H and O–H groups in total. The number of nitrogens with zero attached hydrogens (tertiary/aromatic N) is 2. The van der Waals surface area contributed by atoms with Crippen LogP contribution < -0.4 is 5.32 Å². The molecule has 0 aliphatic carbocycles. The number of likely N-dealkylation sites (tertiary alicyclic amines) is 1. The molecular formula is C18H24BrN3O. The maximum Gasteiger partial charge on any atom is 0.321 e. The van der Waals surface area contributed by atoms with Crippen molar-refractivity contribution in [2.75, 3.05) is 31.5 Å². The smallest absolute Gasteiger partial charge is 0.321 e. The van der Waals surface area contributed by atoms with Crippen LogP contribution in [0.1, 0.15) is 24.8 Å². The summed E-state index contributed by atoms with van der Waals surface area (Å²) in [5, 5.41) is 3.10. The van der Waals surface area contributed by atoms with E-state index in [9.17, 15) is 4.79 Å². The molecule has 3 aliphatic rings. The third-order valence-corrected chi connectivity index (χ3v) is 6.34. The fourth-order valence-electron chi connectivity index (χ4n) is 4.64. The van der Waals surface area contributed by atoms with Crippen molar-refractivity contribution in [2.45, 2.75) is 32.2 Å². The fraction of sp³-hybridized carbons (Fsp3) is 0.611. The monoisotopic (exact) mass is 377 g/mol. The van der Waals surface area contributed by atoms with E-state index in [4.69, 9.17) is 0 Å². The van der Waals surface area contributed by atoms with Crippen LogP contribution in [-0.2, 0) is 0 Å². The molecule has 4 nitrogen and oxygen atoms in total. The number of rotatable bonds is 1. The third-order valence-electron chi connectivity index (χ3n) is 5.85. The predicted molar refractivity (Wildman–Crippen MR) is 95.7 cm³/mol. The van der Waals surface area contributed by atoms with Crippen molar-refractivity contribution in [1.29, 1.82) is 0 Å². The number of fused-ring (bicyclic) bond motifs is 3. The van der Waals surface area contributed by atoms with Crippen LogP contribution in [0.15, 0.2) is 22.7 Å². The summed E-state index contributed by atoms with van der Waals surface area (Å²) in [6, 6.07) is 6.79. The Morgan fingerprint density at radius 1 is 1.26 bits per heavy atom. The highest BCUT2D eigenvalue weighted by Gasteiger charge is 2.48. The zero-order valence-corrected chi connectivity index (χ0v) is 15.2.